The molecule has 3 heterocycles. The molecule has 0 aliphatic rings. The van der Waals surface area contributed by atoms with E-state index in [1.807, 2.05) is 31.6 Å². The van der Waals surface area contributed by atoms with E-state index < -0.39 is 0 Å². The molecule has 0 aromatic carbocycles. The van der Waals surface area contributed by atoms with Gasteiger partial charge < -0.3 is 4.90 Å². The molecule has 0 radical (unpaired) electrons. The molecular weight excluding hydrogens is 260 g/mol. The number of aryl methyl sites for hydroxylation is 1. The lowest BCUT2D eigenvalue weighted by Gasteiger charge is -2.19. The summed E-state index contributed by atoms with van der Waals surface area (Å²) in [6.07, 6.45) is 4.29. The zero-order chi connectivity index (χ0) is 13.2. The molecule has 0 N–H and O–H groups in total. The molecule has 3 rings (SSSR count). The normalized spacial score (nSPS) is 11.1. The molecule has 3 aromatic heterocycles. The largest absolute Gasteiger partial charge is 0.359 e. The smallest absolute Gasteiger partial charge is 0.254 e. The topological polar surface area (TPSA) is 59.2 Å². The first-order chi connectivity index (χ1) is 9.24. The summed E-state index contributed by atoms with van der Waals surface area (Å²) in [5.41, 5.74) is 0.941. The minimum Gasteiger partial charge on any atom is -0.359 e. The van der Waals surface area contributed by atoms with Crippen molar-refractivity contribution >= 4 is 22.9 Å². The van der Waals surface area contributed by atoms with E-state index in [0.717, 1.165) is 29.5 Å². The standard InChI is InChI=1S/C12H14N6S/c1-9-7-11(18-12(16-9)14-8-15-18)17(2)5-3-10-13-4-6-19-10/h4,6-8H,3,5H2,1-2H3. The second-order valence-corrected chi connectivity index (χ2v) is 5.30. The van der Waals surface area contributed by atoms with Crippen molar-refractivity contribution in [1.29, 1.82) is 0 Å². The molecule has 0 saturated carbocycles. The number of nitrogens with zero attached hydrogens (tertiary/aromatic N) is 6. The Balaban J connectivity index is 1.84. The molecule has 6 nitrogen and oxygen atoms in total. The third kappa shape index (κ3) is 2.41. The predicted molar refractivity (Wildman–Crippen MR) is 74.6 cm³/mol. The van der Waals surface area contributed by atoms with Gasteiger partial charge in [0.15, 0.2) is 0 Å². The Bertz CT molecular complexity index is 675. The number of thiazole rings is 1. The van der Waals surface area contributed by atoms with Crippen molar-refractivity contribution in [3.05, 3.63) is 34.7 Å². The van der Waals surface area contributed by atoms with Crippen LogP contribution < -0.4 is 4.90 Å². The van der Waals surface area contributed by atoms with E-state index in [0.29, 0.717) is 5.78 Å². The van der Waals surface area contributed by atoms with Gasteiger partial charge in [0.05, 0.1) is 5.01 Å². The van der Waals surface area contributed by atoms with E-state index in [4.69, 9.17) is 0 Å². The summed E-state index contributed by atoms with van der Waals surface area (Å²) in [6, 6.07) is 2.02. The Morgan fingerprint density at radius 3 is 3.05 bits per heavy atom. The van der Waals surface area contributed by atoms with Crippen LogP contribution >= 0.6 is 11.3 Å². The van der Waals surface area contributed by atoms with Crippen LogP contribution in [0.15, 0.2) is 24.0 Å². The Morgan fingerprint density at radius 2 is 2.26 bits per heavy atom. The van der Waals surface area contributed by atoms with Crippen molar-refractivity contribution in [2.75, 3.05) is 18.5 Å². The van der Waals surface area contributed by atoms with E-state index in [-0.39, 0.29) is 0 Å². The molecule has 19 heavy (non-hydrogen) atoms. The highest BCUT2D eigenvalue weighted by Crippen LogP contribution is 2.15. The van der Waals surface area contributed by atoms with E-state index in [1.165, 1.54) is 6.33 Å². The van der Waals surface area contributed by atoms with Gasteiger partial charge in [0.25, 0.3) is 5.78 Å². The van der Waals surface area contributed by atoms with E-state index in [2.05, 4.69) is 25.0 Å². The summed E-state index contributed by atoms with van der Waals surface area (Å²) in [5.74, 6) is 1.63. The summed E-state index contributed by atoms with van der Waals surface area (Å²) in [7, 11) is 2.05. The zero-order valence-electron chi connectivity index (χ0n) is 10.8. The number of fused-ring (bicyclic) bond motifs is 1. The van der Waals surface area contributed by atoms with Gasteiger partial charge in [0.1, 0.15) is 12.1 Å². The van der Waals surface area contributed by atoms with Gasteiger partial charge in [-0.25, -0.2) is 9.97 Å². The maximum absolute atomic E-state index is 4.34. The molecule has 0 aliphatic heterocycles. The Kier molecular flexibility index (Phi) is 3.12. The first-order valence-electron chi connectivity index (χ1n) is 6.01. The lowest BCUT2D eigenvalue weighted by molar-refractivity contribution is 0.808. The van der Waals surface area contributed by atoms with E-state index in [1.54, 1.807) is 15.9 Å². The van der Waals surface area contributed by atoms with E-state index >= 15 is 0 Å². The molecule has 0 spiro atoms. The lowest BCUT2D eigenvalue weighted by atomic mass is 10.3. The molecule has 0 atom stereocenters. The number of likely N-dealkylation sites (N-methyl/N-ethyl adjacent to an activating group) is 1. The van der Waals surface area contributed by atoms with Crippen molar-refractivity contribution in [3.63, 3.8) is 0 Å². The quantitative estimate of drug-likeness (QED) is 0.722. The molecule has 98 valence electrons. The van der Waals surface area contributed by atoms with Crippen LogP contribution in [0.3, 0.4) is 0 Å². The van der Waals surface area contributed by atoms with Crippen LogP contribution in [-0.2, 0) is 6.42 Å². The first-order valence-corrected chi connectivity index (χ1v) is 6.89. The van der Waals surface area contributed by atoms with Crippen molar-refractivity contribution in [3.8, 4) is 0 Å². The minimum atomic E-state index is 0.635. The van der Waals surface area contributed by atoms with Crippen molar-refractivity contribution < 1.29 is 0 Å². The second kappa shape index (κ2) is 4.93. The Labute approximate surface area is 114 Å². The maximum atomic E-state index is 4.34. The number of anilines is 1. The molecule has 0 unspecified atom stereocenters. The minimum absolute atomic E-state index is 0.635. The fraction of sp³-hybridized carbons (Fsp3) is 0.333. The predicted octanol–water partition coefficient (Wildman–Crippen LogP) is 1.57. The van der Waals surface area contributed by atoms with Gasteiger partial charge in [-0.15, -0.1) is 11.3 Å². The zero-order valence-corrected chi connectivity index (χ0v) is 11.6. The van der Waals surface area contributed by atoms with Gasteiger partial charge in [0.2, 0.25) is 0 Å². The Hall–Kier alpha value is -2.02. The summed E-state index contributed by atoms with van der Waals surface area (Å²) >= 11 is 1.68. The van der Waals surface area contributed by atoms with Gasteiger partial charge in [-0.2, -0.15) is 14.6 Å². The van der Waals surface area contributed by atoms with Gasteiger partial charge in [-0.1, -0.05) is 0 Å². The summed E-state index contributed by atoms with van der Waals surface area (Å²) in [6.45, 7) is 2.85. The van der Waals surface area contributed by atoms with Gasteiger partial charge in [0, 0.05) is 43.4 Å². The average Bonchev–Trinajstić information content (AvgIpc) is 3.05. The number of hydrogen-bond donors (Lipinski definition) is 0. The van der Waals surface area contributed by atoms with Gasteiger partial charge in [-0.3, -0.25) is 0 Å². The van der Waals surface area contributed by atoms with Crippen molar-refractivity contribution in [1.82, 2.24) is 24.6 Å². The van der Waals surface area contributed by atoms with Crippen LogP contribution in [0, 0.1) is 6.92 Å². The maximum Gasteiger partial charge on any atom is 0.254 e. The highest BCUT2D eigenvalue weighted by molar-refractivity contribution is 7.09. The molecule has 3 aromatic rings. The van der Waals surface area contributed by atoms with Crippen LogP contribution in [-0.4, -0.2) is 38.2 Å². The average molecular weight is 274 g/mol. The van der Waals surface area contributed by atoms with Crippen LogP contribution in [0.1, 0.15) is 10.7 Å². The summed E-state index contributed by atoms with van der Waals surface area (Å²) in [4.78, 5) is 14.9. The molecule has 0 fully saturated rings. The van der Waals surface area contributed by atoms with Crippen LogP contribution in [0.25, 0.3) is 5.78 Å². The highest BCUT2D eigenvalue weighted by Gasteiger charge is 2.10. The molecule has 0 amide bonds. The SMILES string of the molecule is Cc1cc(N(C)CCc2nccs2)n2ncnc2n1. The monoisotopic (exact) mass is 274 g/mol. The summed E-state index contributed by atoms with van der Waals surface area (Å²) < 4.78 is 1.76. The summed E-state index contributed by atoms with van der Waals surface area (Å²) in [5, 5.41) is 7.36. The fourth-order valence-corrected chi connectivity index (χ4v) is 2.55. The second-order valence-electron chi connectivity index (χ2n) is 4.32. The van der Waals surface area contributed by atoms with Crippen LogP contribution in [0.5, 0.6) is 0 Å². The van der Waals surface area contributed by atoms with Crippen molar-refractivity contribution in [2.24, 2.45) is 0 Å². The molecular formula is C12H14N6S. The number of hydrogen-bond acceptors (Lipinski definition) is 6. The molecule has 7 heteroatoms. The number of aromatic nitrogens is 5. The third-order valence-corrected chi connectivity index (χ3v) is 3.74. The van der Waals surface area contributed by atoms with E-state index in [9.17, 15) is 0 Å². The lowest BCUT2D eigenvalue weighted by Crippen LogP contribution is -2.23. The van der Waals surface area contributed by atoms with Gasteiger partial charge >= 0.3 is 0 Å². The van der Waals surface area contributed by atoms with Gasteiger partial charge in [-0.05, 0) is 6.92 Å². The molecule has 0 bridgehead atoms. The van der Waals surface area contributed by atoms with Crippen LogP contribution in [0.2, 0.25) is 0 Å². The Morgan fingerprint density at radius 1 is 1.37 bits per heavy atom. The molecule has 0 saturated heterocycles. The number of rotatable bonds is 4. The van der Waals surface area contributed by atoms with Crippen molar-refractivity contribution in [2.45, 2.75) is 13.3 Å². The highest BCUT2D eigenvalue weighted by atomic mass is 32.1. The third-order valence-electron chi connectivity index (χ3n) is 2.90. The fourth-order valence-electron chi connectivity index (χ4n) is 1.94. The molecule has 0 aliphatic carbocycles. The van der Waals surface area contributed by atoms with Crippen LogP contribution in [0.4, 0.5) is 5.82 Å². The first kappa shape index (κ1) is 12.0.